The largest absolute Gasteiger partial charge is 0.395 e. The van der Waals surface area contributed by atoms with Crippen molar-refractivity contribution in [1.29, 1.82) is 0 Å². The van der Waals surface area contributed by atoms with E-state index in [-0.39, 0.29) is 6.61 Å². The summed E-state index contributed by atoms with van der Waals surface area (Å²) in [5.41, 5.74) is 7.81. The van der Waals surface area contributed by atoms with Crippen molar-refractivity contribution in [3.8, 4) is 0 Å². The van der Waals surface area contributed by atoms with Crippen LogP contribution >= 0.6 is 23.1 Å². The second-order valence-electron chi connectivity index (χ2n) is 6.00. The number of thioether (sulfide) groups is 1. The average molecular weight is 364 g/mol. The molecule has 1 unspecified atom stereocenters. The summed E-state index contributed by atoms with van der Waals surface area (Å²) in [6, 6.07) is 13.6. The number of aliphatic hydroxyl groups excluding tert-OH is 1. The van der Waals surface area contributed by atoms with Gasteiger partial charge < -0.3 is 5.11 Å². The first-order valence-corrected chi connectivity index (χ1v) is 10.4. The topological polar surface area (TPSA) is 47.5 Å². The second-order valence-corrected chi connectivity index (χ2v) is 8.08. The fourth-order valence-electron chi connectivity index (χ4n) is 2.93. The Morgan fingerprint density at radius 3 is 2.71 bits per heavy atom. The third-order valence-corrected chi connectivity index (χ3v) is 6.15. The fraction of sp³-hybridized carbons (Fsp3) is 0.444. The van der Waals surface area contributed by atoms with Crippen molar-refractivity contribution >= 4 is 23.1 Å². The molecule has 0 radical (unpaired) electrons. The van der Waals surface area contributed by atoms with E-state index in [2.05, 4.69) is 58.4 Å². The maximum Gasteiger partial charge on any atom is 0.0568 e. The first-order valence-electron chi connectivity index (χ1n) is 8.31. The number of hydrogen-bond acceptors (Lipinski definition) is 6. The molecule has 0 aliphatic carbocycles. The van der Waals surface area contributed by atoms with Crippen LogP contribution in [0.4, 0.5) is 0 Å². The predicted molar refractivity (Wildman–Crippen MR) is 102 cm³/mol. The zero-order chi connectivity index (χ0) is 16.8. The highest BCUT2D eigenvalue weighted by Crippen LogP contribution is 2.28. The molecular formula is C18H25N3OS2. The Bertz CT molecular complexity index is 623. The number of nitrogens with zero attached hydrogens (tertiary/aromatic N) is 1. The number of hydrogen-bond donors (Lipinski definition) is 3. The second kappa shape index (κ2) is 8.99. The van der Waals surface area contributed by atoms with Crippen LogP contribution in [0.15, 0.2) is 41.3 Å². The third-order valence-electron chi connectivity index (χ3n) is 4.22. The normalized spacial score (nSPS) is 17.7. The van der Waals surface area contributed by atoms with E-state index in [1.54, 1.807) is 11.8 Å². The van der Waals surface area contributed by atoms with Crippen LogP contribution < -0.4 is 10.9 Å². The molecule has 24 heavy (non-hydrogen) atoms. The summed E-state index contributed by atoms with van der Waals surface area (Å²) in [4.78, 5) is 6.34. The van der Waals surface area contributed by atoms with E-state index in [0.29, 0.717) is 12.6 Å². The van der Waals surface area contributed by atoms with Crippen LogP contribution in [0, 0.1) is 0 Å². The summed E-state index contributed by atoms with van der Waals surface area (Å²) in [6.07, 6.45) is 3.23. The molecule has 1 atom stereocenters. The molecule has 130 valence electrons. The van der Waals surface area contributed by atoms with E-state index in [4.69, 9.17) is 0 Å². The van der Waals surface area contributed by atoms with Crippen molar-refractivity contribution in [3.05, 3.63) is 51.7 Å². The number of nitrogens with one attached hydrogen (secondary N) is 2. The van der Waals surface area contributed by atoms with E-state index in [0.717, 1.165) is 26.1 Å². The Hall–Kier alpha value is -0.890. The van der Waals surface area contributed by atoms with Gasteiger partial charge in [0.15, 0.2) is 0 Å². The maximum absolute atomic E-state index is 9.39. The molecule has 1 aliphatic rings. The van der Waals surface area contributed by atoms with Crippen LogP contribution in [0.5, 0.6) is 0 Å². The zero-order valence-corrected chi connectivity index (χ0v) is 15.6. The maximum atomic E-state index is 9.39. The summed E-state index contributed by atoms with van der Waals surface area (Å²) >= 11 is 3.63. The molecule has 1 aromatic heterocycles. The van der Waals surface area contributed by atoms with Gasteiger partial charge in [-0.25, -0.2) is 5.43 Å². The minimum Gasteiger partial charge on any atom is -0.395 e. The summed E-state index contributed by atoms with van der Waals surface area (Å²) in [7, 11) is 0. The Morgan fingerprint density at radius 1 is 1.21 bits per heavy atom. The van der Waals surface area contributed by atoms with Gasteiger partial charge in [-0.15, -0.1) is 23.1 Å². The standard InChI is InChI=1S/C18H25N3OS2/c1-23-15-4-2-14(3-5-15)12-21(10-11-22)13-16-6-7-18(24-16)17-8-9-19-20-17/h2-7,17,19-20,22H,8-13H2,1H3. The lowest BCUT2D eigenvalue weighted by atomic mass is 10.2. The highest BCUT2D eigenvalue weighted by Gasteiger charge is 2.18. The monoisotopic (exact) mass is 363 g/mol. The molecule has 2 aromatic rings. The Labute approximate surface area is 152 Å². The van der Waals surface area contributed by atoms with Gasteiger partial charge in [0, 0.05) is 40.8 Å². The Morgan fingerprint density at radius 2 is 2.04 bits per heavy atom. The number of benzene rings is 1. The Balaban J connectivity index is 1.62. The number of aliphatic hydroxyl groups is 1. The van der Waals surface area contributed by atoms with Crippen molar-refractivity contribution in [2.45, 2.75) is 30.4 Å². The lowest BCUT2D eigenvalue weighted by molar-refractivity contribution is 0.185. The lowest BCUT2D eigenvalue weighted by Gasteiger charge is -2.21. The molecule has 3 N–H and O–H groups in total. The quantitative estimate of drug-likeness (QED) is 0.630. The molecule has 3 rings (SSSR count). The van der Waals surface area contributed by atoms with E-state index in [1.165, 1.54) is 20.2 Å². The van der Waals surface area contributed by atoms with Gasteiger partial charge in [0.2, 0.25) is 0 Å². The minimum absolute atomic E-state index is 0.190. The zero-order valence-electron chi connectivity index (χ0n) is 14.0. The van der Waals surface area contributed by atoms with Gasteiger partial charge in [0.1, 0.15) is 0 Å². The highest BCUT2D eigenvalue weighted by atomic mass is 32.2. The summed E-state index contributed by atoms with van der Waals surface area (Å²) in [6.45, 7) is 3.66. The summed E-state index contributed by atoms with van der Waals surface area (Å²) in [5.74, 6) is 0. The third kappa shape index (κ3) is 4.81. The first-order chi connectivity index (χ1) is 11.8. The molecule has 0 amide bonds. The van der Waals surface area contributed by atoms with Crippen LogP contribution in [-0.4, -0.2) is 36.0 Å². The number of hydrazine groups is 1. The average Bonchev–Trinajstić information content (AvgIpc) is 3.27. The smallest absolute Gasteiger partial charge is 0.0568 e. The van der Waals surface area contributed by atoms with Crippen molar-refractivity contribution in [1.82, 2.24) is 15.8 Å². The van der Waals surface area contributed by atoms with Crippen LogP contribution in [0.2, 0.25) is 0 Å². The van der Waals surface area contributed by atoms with Crippen LogP contribution in [0.1, 0.15) is 27.8 Å². The van der Waals surface area contributed by atoms with Crippen molar-refractivity contribution in [3.63, 3.8) is 0 Å². The van der Waals surface area contributed by atoms with Crippen molar-refractivity contribution < 1.29 is 5.11 Å². The fourth-order valence-corrected chi connectivity index (χ4v) is 4.48. The molecule has 1 aromatic carbocycles. The Kier molecular flexibility index (Phi) is 6.71. The van der Waals surface area contributed by atoms with Crippen LogP contribution in [0.3, 0.4) is 0 Å². The molecule has 1 saturated heterocycles. The van der Waals surface area contributed by atoms with Crippen molar-refractivity contribution in [2.24, 2.45) is 0 Å². The molecule has 1 aliphatic heterocycles. The van der Waals surface area contributed by atoms with Crippen LogP contribution in [-0.2, 0) is 13.1 Å². The lowest BCUT2D eigenvalue weighted by Crippen LogP contribution is -2.25. The molecule has 0 bridgehead atoms. The van der Waals surface area contributed by atoms with Crippen LogP contribution in [0.25, 0.3) is 0 Å². The molecule has 0 saturated carbocycles. The minimum atomic E-state index is 0.190. The van der Waals surface area contributed by atoms with Gasteiger partial charge in [-0.3, -0.25) is 10.3 Å². The molecule has 1 fully saturated rings. The van der Waals surface area contributed by atoms with Gasteiger partial charge in [-0.1, -0.05) is 12.1 Å². The molecular weight excluding hydrogens is 338 g/mol. The van der Waals surface area contributed by atoms with Gasteiger partial charge in [-0.05, 0) is 42.5 Å². The van der Waals surface area contributed by atoms with Gasteiger partial charge >= 0.3 is 0 Å². The van der Waals surface area contributed by atoms with Gasteiger partial charge in [0.05, 0.1) is 12.6 Å². The molecule has 6 heteroatoms. The van der Waals surface area contributed by atoms with E-state index < -0.39 is 0 Å². The summed E-state index contributed by atoms with van der Waals surface area (Å²) < 4.78 is 0. The van der Waals surface area contributed by atoms with Gasteiger partial charge in [0.25, 0.3) is 0 Å². The number of rotatable bonds is 8. The molecule has 4 nitrogen and oxygen atoms in total. The summed E-state index contributed by atoms with van der Waals surface area (Å²) in [5, 5.41) is 9.39. The van der Waals surface area contributed by atoms with Crippen molar-refractivity contribution in [2.75, 3.05) is 26.0 Å². The first kappa shape index (κ1) is 17.9. The molecule has 0 spiro atoms. The van der Waals surface area contributed by atoms with E-state index >= 15 is 0 Å². The van der Waals surface area contributed by atoms with Gasteiger partial charge in [-0.2, -0.15) is 0 Å². The molecule has 2 heterocycles. The highest BCUT2D eigenvalue weighted by molar-refractivity contribution is 7.98. The van der Waals surface area contributed by atoms with E-state index in [1.807, 2.05) is 11.3 Å². The van der Waals surface area contributed by atoms with E-state index in [9.17, 15) is 5.11 Å². The SMILES string of the molecule is CSc1ccc(CN(CCO)Cc2ccc(C3CCNN3)s2)cc1. The predicted octanol–water partition coefficient (Wildman–Crippen LogP) is 3.00. The number of thiophene rings is 1.